The third-order valence-electron chi connectivity index (χ3n) is 5.40. The number of amides is 2. The highest BCUT2D eigenvalue weighted by Crippen LogP contribution is 2.18. The van der Waals surface area contributed by atoms with E-state index in [2.05, 4.69) is 22.1 Å². The van der Waals surface area contributed by atoms with Gasteiger partial charge in [0.15, 0.2) is 0 Å². The minimum absolute atomic E-state index is 0.0141. The summed E-state index contributed by atoms with van der Waals surface area (Å²) in [6.07, 6.45) is 3.88. The zero-order chi connectivity index (χ0) is 19.1. The Morgan fingerprint density at radius 1 is 1.30 bits per heavy atom. The normalized spacial score (nSPS) is 21.3. The molecule has 7 nitrogen and oxygen atoms in total. The topological polar surface area (TPSA) is 74.8 Å². The zero-order valence-electron chi connectivity index (χ0n) is 16.2. The van der Waals surface area contributed by atoms with Crippen molar-refractivity contribution in [2.45, 2.75) is 32.7 Å². The van der Waals surface area contributed by atoms with Gasteiger partial charge >= 0.3 is 0 Å². The number of ether oxygens (including phenoxy) is 1. The quantitative estimate of drug-likeness (QED) is 0.765. The van der Waals surface area contributed by atoms with E-state index in [-0.39, 0.29) is 17.7 Å². The first-order chi connectivity index (χ1) is 13.2. The lowest BCUT2D eigenvalue weighted by molar-refractivity contribution is -0.138. The van der Waals surface area contributed by atoms with Gasteiger partial charge in [0.2, 0.25) is 11.8 Å². The van der Waals surface area contributed by atoms with E-state index in [9.17, 15) is 9.59 Å². The van der Waals surface area contributed by atoms with Gasteiger partial charge in [0.05, 0.1) is 31.4 Å². The van der Waals surface area contributed by atoms with Gasteiger partial charge in [-0.05, 0) is 24.5 Å². The molecule has 1 N–H and O–H groups in total. The SMILES string of the molecule is CCc1ccc(CNC(=O)C2CCC(=O)N(CCN3CCOCC3)C2)nc1. The number of morpholine rings is 1. The lowest BCUT2D eigenvalue weighted by atomic mass is 9.96. The van der Waals surface area contributed by atoms with Crippen LogP contribution in [0.5, 0.6) is 0 Å². The van der Waals surface area contributed by atoms with Gasteiger partial charge in [-0.2, -0.15) is 0 Å². The molecule has 2 aliphatic heterocycles. The Morgan fingerprint density at radius 2 is 2.11 bits per heavy atom. The summed E-state index contributed by atoms with van der Waals surface area (Å²) in [5.41, 5.74) is 2.04. The minimum Gasteiger partial charge on any atom is -0.379 e. The average molecular weight is 374 g/mol. The van der Waals surface area contributed by atoms with Crippen LogP contribution < -0.4 is 5.32 Å². The summed E-state index contributed by atoms with van der Waals surface area (Å²) in [5, 5.41) is 2.98. The number of nitrogens with zero attached hydrogens (tertiary/aromatic N) is 3. The molecule has 1 aromatic heterocycles. The molecule has 0 saturated carbocycles. The van der Waals surface area contributed by atoms with Crippen LogP contribution in [-0.2, 0) is 27.3 Å². The van der Waals surface area contributed by atoms with Crippen molar-refractivity contribution in [1.29, 1.82) is 0 Å². The van der Waals surface area contributed by atoms with Crippen molar-refractivity contribution in [2.75, 3.05) is 45.9 Å². The van der Waals surface area contributed by atoms with Crippen LogP contribution in [0.15, 0.2) is 18.3 Å². The Labute approximate surface area is 161 Å². The maximum atomic E-state index is 12.5. The van der Waals surface area contributed by atoms with Crippen LogP contribution in [0.25, 0.3) is 0 Å². The number of carbonyl (C=O) groups excluding carboxylic acids is 2. The molecular formula is C20H30N4O3. The second kappa shape index (κ2) is 9.80. The minimum atomic E-state index is -0.137. The van der Waals surface area contributed by atoms with Gasteiger partial charge in [-0.25, -0.2) is 0 Å². The van der Waals surface area contributed by atoms with Crippen LogP contribution in [0, 0.1) is 5.92 Å². The fourth-order valence-electron chi connectivity index (χ4n) is 3.52. The highest BCUT2D eigenvalue weighted by Gasteiger charge is 2.30. The highest BCUT2D eigenvalue weighted by molar-refractivity contribution is 5.83. The smallest absolute Gasteiger partial charge is 0.225 e. The first-order valence-electron chi connectivity index (χ1n) is 9.95. The molecule has 0 radical (unpaired) electrons. The van der Waals surface area contributed by atoms with Gasteiger partial charge in [-0.1, -0.05) is 13.0 Å². The number of nitrogens with one attached hydrogen (secondary N) is 1. The summed E-state index contributed by atoms with van der Waals surface area (Å²) in [5.74, 6) is 0.0340. The van der Waals surface area contributed by atoms with Crippen molar-refractivity contribution in [3.05, 3.63) is 29.6 Å². The number of hydrogen-bond acceptors (Lipinski definition) is 5. The molecule has 27 heavy (non-hydrogen) atoms. The molecular weight excluding hydrogens is 344 g/mol. The first kappa shape index (κ1) is 19.8. The van der Waals surface area contributed by atoms with Gasteiger partial charge in [-0.15, -0.1) is 0 Å². The lowest BCUT2D eigenvalue weighted by Gasteiger charge is -2.34. The number of piperidine rings is 1. The molecule has 0 aliphatic carbocycles. The van der Waals surface area contributed by atoms with E-state index < -0.39 is 0 Å². The summed E-state index contributed by atoms with van der Waals surface area (Å²) >= 11 is 0. The van der Waals surface area contributed by atoms with E-state index in [0.29, 0.717) is 32.5 Å². The largest absolute Gasteiger partial charge is 0.379 e. The molecule has 1 unspecified atom stereocenters. The van der Waals surface area contributed by atoms with Gasteiger partial charge in [0.1, 0.15) is 0 Å². The molecule has 2 amide bonds. The monoisotopic (exact) mass is 374 g/mol. The maximum absolute atomic E-state index is 12.5. The summed E-state index contributed by atoms with van der Waals surface area (Å²) in [6, 6.07) is 4.00. The van der Waals surface area contributed by atoms with Gasteiger partial charge in [0, 0.05) is 45.3 Å². The van der Waals surface area contributed by atoms with Crippen LogP contribution in [0.3, 0.4) is 0 Å². The number of aromatic nitrogens is 1. The van der Waals surface area contributed by atoms with Crippen molar-refractivity contribution in [3.63, 3.8) is 0 Å². The summed E-state index contributed by atoms with van der Waals surface area (Å²) in [6.45, 7) is 7.90. The summed E-state index contributed by atoms with van der Waals surface area (Å²) in [4.78, 5) is 33.3. The third-order valence-corrected chi connectivity index (χ3v) is 5.40. The Balaban J connectivity index is 1.45. The summed E-state index contributed by atoms with van der Waals surface area (Å²) < 4.78 is 5.36. The van der Waals surface area contributed by atoms with E-state index in [1.807, 2.05) is 23.2 Å². The first-order valence-corrected chi connectivity index (χ1v) is 9.95. The molecule has 7 heteroatoms. The van der Waals surface area contributed by atoms with Crippen LogP contribution in [0.4, 0.5) is 0 Å². The van der Waals surface area contributed by atoms with Crippen molar-refractivity contribution in [1.82, 2.24) is 20.1 Å². The van der Waals surface area contributed by atoms with E-state index in [4.69, 9.17) is 4.74 Å². The fraction of sp³-hybridized carbons (Fsp3) is 0.650. The van der Waals surface area contributed by atoms with Gasteiger partial charge in [0.25, 0.3) is 0 Å². The summed E-state index contributed by atoms with van der Waals surface area (Å²) in [7, 11) is 0. The Morgan fingerprint density at radius 3 is 2.81 bits per heavy atom. The predicted octanol–water partition coefficient (Wildman–Crippen LogP) is 0.831. The van der Waals surface area contributed by atoms with Crippen LogP contribution in [0.1, 0.15) is 31.0 Å². The molecule has 3 heterocycles. The maximum Gasteiger partial charge on any atom is 0.225 e. The van der Waals surface area contributed by atoms with Crippen molar-refractivity contribution in [3.8, 4) is 0 Å². The van der Waals surface area contributed by atoms with Crippen LogP contribution in [-0.4, -0.2) is 72.5 Å². The number of rotatable bonds is 7. The van der Waals surface area contributed by atoms with E-state index >= 15 is 0 Å². The van der Waals surface area contributed by atoms with Crippen molar-refractivity contribution >= 4 is 11.8 Å². The lowest BCUT2D eigenvalue weighted by Crippen LogP contribution is -2.49. The number of hydrogen-bond donors (Lipinski definition) is 1. The fourth-order valence-corrected chi connectivity index (χ4v) is 3.52. The third kappa shape index (κ3) is 5.74. The van der Waals surface area contributed by atoms with E-state index in [1.54, 1.807) is 0 Å². The Bertz CT molecular complexity index is 629. The number of carbonyl (C=O) groups is 2. The Hall–Kier alpha value is -1.99. The predicted molar refractivity (Wildman–Crippen MR) is 102 cm³/mol. The molecule has 148 valence electrons. The second-order valence-electron chi connectivity index (χ2n) is 7.26. The molecule has 3 rings (SSSR count). The highest BCUT2D eigenvalue weighted by atomic mass is 16.5. The van der Waals surface area contributed by atoms with E-state index in [0.717, 1.165) is 45.0 Å². The van der Waals surface area contributed by atoms with Gasteiger partial charge in [-0.3, -0.25) is 19.5 Å². The molecule has 0 bridgehead atoms. The molecule has 2 saturated heterocycles. The molecule has 2 aliphatic rings. The molecule has 1 atom stereocenters. The average Bonchev–Trinajstić information content (AvgIpc) is 2.72. The molecule has 0 aromatic carbocycles. The van der Waals surface area contributed by atoms with Gasteiger partial charge < -0.3 is 15.0 Å². The standard InChI is InChI=1S/C20H30N4O3/c1-2-16-3-5-18(21-13-16)14-22-20(26)17-4-6-19(25)24(15-17)8-7-23-9-11-27-12-10-23/h3,5,13,17H,2,4,6-12,14-15H2,1H3,(H,22,26). The Kier molecular flexibility index (Phi) is 7.18. The van der Waals surface area contributed by atoms with E-state index in [1.165, 1.54) is 5.56 Å². The molecule has 1 aromatic rings. The molecule has 0 spiro atoms. The van der Waals surface area contributed by atoms with Crippen molar-refractivity contribution in [2.24, 2.45) is 5.92 Å². The van der Waals surface area contributed by atoms with Crippen molar-refractivity contribution < 1.29 is 14.3 Å². The van der Waals surface area contributed by atoms with Crippen LogP contribution >= 0.6 is 0 Å². The zero-order valence-corrected chi connectivity index (χ0v) is 16.2. The van der Waals surface area contributed by atoms with Crippen LogP contribution in [0.2, 0.25) is 0 Å². The molecule has 2 fully saturated rings. The number of aryl methyl sites for hydroxylation is 1. The number of likely N-dealkylation sites (tertiary alicyclic amines) is 1. The number of pyridine rings is 1. The second-order valence-corrected chi connectivity index (χ2v) is 7.26.